The second-order valence-corrected chi connectivity index (χ2v) is 32.4. The van der Waals surface area contributed by atoms with Gasteiger partial charge in [0.25, 0.3) is 0 Å². The molecule has 3 aliphatic rings. The summed E-state index contributed by atoms with van der Waals surface area (Å²) in [6, 6.07) is -1.00. The van der Waals surface area contributed by atoms with Gasteiger partial charge in [-0.3, -0.25) is 4.79 Å². The summed E-state index contributed by atoms with van der Waals surface area (Å²) in [6.45, 7) is 1.64. The fourth-order valence-corrected chi connectivity index (χ4v) is 15.1. The van der Waals surface area contributed by atoms with Crippen LogP contribution in [0.4, 0.5) is 0 Å². The highest BCUT2D eigenvalue weighted by Crippen LogP contribution is 2.34. The highest BCUT2D eigenvalue weighted by atomic mass is 16.8. The Morgan fingerprint density at radius 1 is 0.327 bits per heavy atom. The van der Waals surface area contributed by atoms with E-state index in [0.717, 1.165) is 77.0 Å². The number of amides is 1. The maximum absolute atomic E-state index is 13.5. The van der Waals surface area contributed by atoms with Crippen molar-refractivity contribution in [3.05, 3.63) is 97.2 Å². The van der Waals surface area contributed by atoms with Gasteiger partial charge in [0.05, 0.1) is 38.6 Å². The molecule has 0 aromatic carbocycles. The summed E-state index contributed by atoms with van der Waals surface area (Å²) in [5.74, 6) is -0.286. The Morgan fingerprint density at radius 3 is 0.991 bits per heavy atom. The second-order valence-electron chi connectivity index (χ2n) is 32.4. The number of aliphatic hydroxyl groups excluding tert-OH is 11. The predicted molar refractivity (Wildman–Crippen MR) is 457 cm³/mol. The highest BCUT2D eigenvalue weighted by Gasteiger charge is 2.54. The minimum absolute atomic E-state index is 0.231. The van der Waals surface area contributed by atoms with Crippen molar-refractivity contribution in [3.63, 3.8) is 0 Å². The number of carbonyl (C=O) groups is 1. The van der Waals surface area contributed by atoms with Gasteiger partial charge in [-0.15, -0.1) is 0 Å². The molecule has 19 heteroatoms. The molecule has 656 valence electrons. The lowest BCUT2D eigenvalue weighted by atomic mass is 9.96. The standard InChI is InChI=1S/C94H167NO18/c1-3-5-7-9-11-13-15-17-19-21-23-25-27-29-31-33-35-36-37-38-39-40-42-44-46-48-50-52-54-56-58-60-62-64-66-68-70-72-82(100)95-77(78(99)71-69-67-65-63-61-59-57-55-53-51-49-47-45-43-41-34-32-30-28-26-24-22-20-18-16-14-12-10-8-6-4-2)76-108-92-88(106)85(103)90(80(74-97)110-92)113-94-89(107)86(104)91(81(75-98)111-94)112-93-87(105)84(102)83(101)79(73-96)109-93/h5,7,11,13,17,19,23,25,29,31,53,55,61,63,69,71,77-81,83-94,96-99,101-107H,3-4,6,8-10,12,14-16,18,20-22,24,26-28,30,32-52,54,56-60,62,64-68,70,72-76H2,1-2H3,(H,95,100)/b7-5-,13-11-,19-17-,25-23-,31-29-,55-53+,63-61+,71-69+. The first-order valence-corrected chi connectivity index (χ1v) is 46.0. The number of hydrogen-bond donors (Lipinski definition) is 12. The monoisotopic (exact) mass is 1600 g/mol. The molecule has 3 saturated heterocycles. The maximum atomic E-state index is 13.5. The van der Waals surface area contributed by atoms with Gasteiger partial charge in [0.1, 0.15) is 73.2 Å². The summed E-state index contributed by atoms with van der Waals surface area (Å²) >= 11 is 0. The zero-order valence-corrected chi connectivity index (χ0v) is 70.8. The third-order valence-corrected chi connectivity index (χ3v) is 22.3. The molecule has 0 radical (unpaired) electrons. The molecule has 0 bridgehead atoms. The number of ether oxygens (including phenoxy) is 6. The van der Waals surface area contributed by atoms with Gasteiger partial charge in [-0.05, 0) is 89.9 Å². The summed E-state index contributed by atoms with van der Waals surface area (Å²) in [6.07, 6.45) is 74.3. The summed E-state index contributed by atoms with van der Waals surface area (Å²) < 4.78 is 34.5. The van der Waals surface area contributed by atoms with E-state index in [4.69, 9.17) is 28.4 Å². The molecule has 3 heterocycles. The van der Waals surface area contributed by atoms with Crippen molar-refractivity contribution >= 4 is 5.91 Å². The largest absolute Gasteiger partial charge is 0.394 e. The van der Waals surface area contributed by atoms with Gasteiger partial charge in [0.15, 0.2) is 18.9 Å². The molecule has 12 N–H and O–H groups in total. The first kappa shape index (κ1) is 104. The van der Waals surface area contributed by atoms with Gasteiger partial charge in [0, 0.05) is 6.42 Å². The van der Waals surface area contributed by atoms with E-state index in [1.165, 1.54) is 250 Å². The molecule has 0 aliphatic carbocycles. The van der Waals surface area contributed by atoms with Crippen LogP contribution in [0.25, 0.3) is 0 Å². The third kappa shape index (κ3) is 51.1. The third-order valence-electron chi connectivity index (χ3n) is 22.3. The van der Waals surface area contributed by atoms with Crippen LogP contribution in [0.1, 0.15) is 361 Å². The molecule has 3 fully saturated rings. The normalized spacial score (nSPS) is 25.3. The summed E-state index contributed by atoms with van der Waals surface area (Å²) in [5.41, 5.74) is 0. The molecule has 0 saturated carbocycles. The Labute approximate surface area is 685 Å². The first-order chi connectivity index (χ1) is 55.3. The summed E-state index contributed by atoms with van der Waals surface area (Å²) in [5, 5.41) is 121. The van der Waals surface area contributed by atoms with E-state index in [2.05, 4.69) is 104 Å². The molecule has 3 rings (SSSR count). The lowest BCUT2D eigenvalue weighted by Gasteiger charge is -2.48. The van der Waals surface area contributed by atoms with Crippen LogP contribution in [-0.4, -0.2) is 193 Å². The van der Waals surface area contributed by atoms with Crippen LogP contribution in [0, 0.1) is 0 Å². The van der Waals surface area contributed by atoms with Crippen molar-refractivity contribution in [2.24, 2.45) is 0 Å². The number of rotatable bonds is 74. The first-order valence-electron chi connectivity index (χ1n) is 46.0. The Kier molecular flexibility index (Phi) is 66.8. The number of unbranched alkanes of at least 4 members (excludes halogenated alkanes) is 44. The quantitative estimate of drug-likeness (QED) is 0.0199. The van der Waals surface area contributed by atoms with Gasteiger partial charge in [-0.2, -0.15) is 0 Å². The molecule has 113 heavy (non-hydrogen) atoms. The summed E-state index contributed by atoms with van der Waals surface area (Å²) in [4.78, 5) is 13.5. The Bertz CT molecular complexity index is 2420. The number of allylic oxidation sites excluding steroid dienone is 15. The molecule has 0 aromatic heterocycles. The molecular formula is C94H167NO18. The molecule has 19 nitrogen and oxygen atoms in total. The van der Waals surface area contributed by atoms with Crippen LogP contribution in [0.5, 0.6) is 0 Å². The average Bonchev–Trinajstić information content (AvgIpc) is 0.779. The van der Waals surface area contributed by atoms with Crippen LogP contribution in [-0.2, 0) is 33.2 Å². The van der Waals surface area contributed by atoms with Crippen LogP contribution in [0.2, 0.25) is 0 Å². The van der Waals surface area contributed by atoms with Gasteiger partial charge >= 0.3 is 0 Å². The van der Waals surface area contributed by atoms with Crippen LogP contribution < -0.4 is 5.32 Å². The second kappa shape index (κ2) is 72.7. The number of nitrogens with one attached hydrogen (secondary N) is 1. The van der Waals surface area contributed by atoms with Gasteiger partial charge < -0.3 is 89.9 Å². The number of carbonyl (C=O) groups excluding carboxylic acids is 1. The van der Waals surface area contributed by atoms with E-state index in [0.29, 0.717) is 12.8 Å². The lowest BCUT2D eigenvalue weighted by molar-refractivity contribution is -0.379. The van der Waals surface area contributed by atoms with E-state index in [1.54, 1.807) is 6.08 Å². The Hall–Kier alpha value is -3.29. The van der Waals surface area contributed by atoms with E-state index < -0.39 is 124 Å². The average molecular weight is 1600 g/mol. The Balaban J connectivity index is 1.33. The van der Waals surface area contributed by atoms with Crippen LogP contribution in [0.15, 0.2) is 97.2 Å². The van der Waals surface area contributed by atoms with Gasteiger partial charge in [-0.25, -0.2) is 0 Å². The molecule has 0 spiro atoms. The van der Waals surface area contributed by atoms with Crippen LogP contribution in [0.3, 0.4) is 0 Å². The molecular weight excluding hydrogens is 1430 g/mol. The van der Waals surface area contributed by atoms with Crippen molar-refractivity contribution < 1.29 is 89.4 Å². The smallest absolute Gasteiger partial charge is 0.220 e. The minimum atomic E-state index is -1.99. The van der Waals surface area contributed by atoms with Gasteiger partial charge in [0.2, 0.25) is 5.91 Å². The molecule has 17 atom stereocenters. The lowest BCUT2D eigenvalue weighted by Crippen LogP contribution is -2.66. The topological polar surface area (TPSA) is 307 Å². The zero-order valence-electron chi connectivity index (χ0n) is 70.8. The fraction of sp³-hybridized carbons (Fsp3) is 0.819. The molecule has 3 aliphatic heterocycles. The van der Waals surface area contributed by atoms with E-state index in [9.17, 15) is 61.0 Å². The molecule has 0 aromatic rings. The SMILES string of the molecule is CC/C=C\C/C=C\C/C=C\C/C=C\C/C=C\CCCCCCCCCCCCCCCCCCCCCCCC(=O)NC(COC1OC(CO)C(OC2OC(CO)C(OC3OC(CO)C(O)C(O)C3O)C(O)C2O)C(O)C1O)C(O)/C=C/CC/C=C/CC/C=C/CCCCCCCCCCCCCCCCCCCCCCC. The Morgan fingerprint density at radius 2 is 0.619 bits per heavy atom. The zero-order chi connectivity index (χ0) is 81.7. The van der Waals surface area contributed by atoms with E-state index >= 15 is 0 Å². The fourth-order valence-electron chi connectivity index (χ4n) is 15.1. The number of aliphatic hydroxyl groups is 11. The van der Waals surface area contributed by atoms with Gasteiger partial charge in [-0.1, -0.05) is 361 Å². The molecule has 1 amide bonds. The van der Waals surface area contributed by atoms with E-state index in [-0.39, 0.29) is 18.9 Å². The minimum Gasteiger partial charge on any atom is -0.394 e. The van der Waals surface area contributed by atoms with Crippen molar-refractivity contribution in [3.8, 4) is 0 Å². The van der Waals surface area contributed by atoms with E-state index in [1.807, 2.05) is 6.08 Å². The predicted octanol–water partition coefficient (Wildman–Crippen LogP) is 17.9. The maximum Gasteiger partial charge on any atom is 0.220 e. The number of hydrogen-bond acceptors (Lipinski definition) is 18. The van der Waals surface area contributed by atoms with Crippen molar-refractivity contribution in [2.45, 2.75) is 465 Å². The summed E-state index contributed by atoms with van der Waals surface area (Å²) in [7, 11) is 0. The highest BCUT2D eigenvalue weighted by molar-refractivity contribution is 5.76. The van der Waals surface area contributed by atoms with Crippen LogP contribution >= 0.6 is 0 Å². The molecule has 17 unspecified atom stereocenters. The van der Waals surface area contributed by atoms with Crippen molar-refractivity contribution in [1.29, 1.82) is 0 Å². The van der Waals surface area contributed by atoms with Crippen molar-refractivity contribution in [2.75, 3.05) is 26.4 Å². The van der Waals surface area contributed by atoms with Crippen molar-refractivity contribution in [1.82, 2.24) is 5.32 Å².